The number of nitrogens with zero attached hydrogens (tertiary/aromatic N) is 2. The molecule has 1 aromatic heterocycles. The van der Waals surface area contributed by atoms with Crippen molar-refractivity contribution in [1.29, 1.82) is 0 Å². The lowest BCUT2D eigenvalue weighted by molar-refractivity contribution is 0.112. The van der Waals surface area contributed by atoms with Crippen LogP contribution in [-0.2, 0) is 6.54 Å². The summed E-state index contributed by atoms with van der Waals surface area (Å²) in [6, 6.07) is 7.89. The van der Waals surface area contributed by atoms with Gasteiger partial charge in [0, 0.05) is 17.4 Å². The van der Waals surface area contributed by atoms with Gasteiger partial charge < -0.3 is 9.47 Å². The molecule has 0 saturated heterocycles. The van der Waals surface area contributed by atoms with Crippen molar-refractivity contribution in [3.63, 3.8) is 0 Å². The van der Waals surface area contributed by atoms with E-state index in [1.54, 1.807) is 0 Å². The van der Waals surface area contributed by atoms with Crippen molar-refractivity contribution in [3.05, 3.63) is 35.0 Å². The minimum atomic E-state index is 0.556. The van der Waals surface area contributed by atoms with Crippen LogP contribution in [0.3, 0.4) is 0 Å². The molecule has 3 nitrogen and oxygen atoms in total. The second kappa shape index (κ2) is 6.91. The number of aryl methyl sites for hydroxylation is 1. The molecule has 20 heavy (non-hydrogen) atoms. The summed E-state index contributed by atoms with van der Waals surface area (Å²) in [7, 11) is 0. The Bertz CT molecular complexity index is 587. The third-order valence-electron chi connectivity index (χ3n) is 3.81. The Hall–Kier alpha value is -1.32. The predicted octanol–water partition coefficient (Wildman–Crippen LogP) is 3.84. The van der Waals surface area contributed by atoms with E-state index < -0.39 is 0 Å². The molecule has 0 saturated carbocycles. The summed E-state index contributed by atoms with van der Waals surface area (Å²) in [5.74, 6) is 0. The summed E-state index contributed by atoms with van der Waals surface area (Å²) in [4.78, 5) is 13.6. The molecule has 2 rings (SSSR count). The van der Waals surface area contributed by atoms with Crippen LogP contribution in [0.2, 0.25) is 5.15 Å². The summed E-state index contributed by atoms with van der Waals surface area (Å²) in [5.41, 5.74) is 1.64. The molecule has 0 bridgehead atoms. The molecular weight excluding hydrogens is 272 g/mol. The monoisotopic (exact) mass is 292 g/mol. The van der Waals surface area contributed by atoms with Gasteiger partial charge in [0.05, 0.1) is 5.56 Å². The SMILES string of the molecule is CCN(CC)CCCn1c(Cl)c(C=O)c2ccccc21. The van der Waals surface area contributed by atoms with Crippen molar-refractivity contribution in [1.82, 2.24) is 9.47 Å². The van der Waals surface area contributed by atoms with Gasteiger partial charge in [0.1, 0.15) is 5.15 Å². The Morgan fingerprint density at radius 1 is 1.25 bits per heavy atom. The van der Waals surface area contributed by atoms with E-state index in [1.807, 2.05) is 28.8 Å². The van der Waals surface area contributed by atoms with Crippen molar-refractivity contribution in [2.24, 2.45) is 0 Å². The minimum absolute atomic E-state index is 0.556. The average Bonchev–Trinajstić information content (AvgIpc) is 2.75. The number of aldehydes is 1. The number of hydrogen-bond acceptors (Lipinski definition) is 2. The van der Waals surface area contributed by atoms with Crippen molar-refractivity contribution in [2.45, 2.75) is 26.8 Å². The topological polar surface area (TPSA) is 25.2 Å². The Morgan fingerprint density at radius 3 is 2.60 bits per heavy atom. The van der Waals surface area contributed by atoms with E-state index in [0.29, 0.717) is 10.7 Å². The lowest BCUT2D eigenvalue weighted by atomic mass is 10.2. The summed E-state index contributed by atoms with van der Waals surface area (Å²) >= 11 is 6.35. The summed E-state index contributed by atoms with van der Waals surface area (Å²) in [6.45, 7) is 8.36. The van der Waals surface area contributed by atoms with Gasteiger partial charge in [0.25, 0.3) is 0 Å². The van der Waals surface area contributed by atoms with Gasteiger partial charge in [-0.15, -0.1) is 0 Å². The van der Waals surface area contributed by atoms with Gasteiger partial charge in [0.15, 0.2) is 6.29 Å². The fourth-order valence-electron chi connectivity index (χ4n) is 2.62. The summed E-state index contributed by atoms with van der Waals surface area (Å²) in [6.07, 6.45) is 1.88. The zero-order valence-electron chi connectivity index (χ0n) is 12.1. The fourth-order valence-corrected chi connectivity index (χ4v) is 2.94. The molecule has 4 heteroatoms. The maximum absolute atomic E-state index is 11.2. The molecule has 0 aliphatic rings. The molecule has 2 aromatic rings. The Labute approximate surface area is 125 Å². The van der Waals surface area contributed by atoms with E-state index in [2.05, 4.69) is 18.7 Å². The highest BCUT2D eigenvalue weighted by Gasteiger charge is 2.14. The number of rotatable bonds is 7. The largest absolute Gasteiger partial charge is 0.331 e. The molecule has 0 spiro atoms. The molecule has 108 valence electrons. The Kier molecular flexibility index (Phi) is 5.21. The normalized spacial score (nSPS) is 11.4. The molecular formula is C16H21ClN2O. The molecule has 0 amide bonds. The van der Waals surface area contributed by atoms with Crippen molar-refractivity contribution in [3.8, 4) is 0 Å². The molecule has 0 radical (unpaired) electrons. The molecule has 0 fully saturated rings. The summed E-state index contributed by atoms with van der Waals surface area (Å²) < 4.78 is 2.05. The Morgan fingerprint density at radius 2 is 1.95 bits per heavy atom. The number of halogens is 1. The number of carbonyl (C=O) groups is 1. The van der Waals surface area contributed by atoms with Gasteiger partial charge in [-0.25, -0.2) is 0 Å². The highest BCUT2D eigenvalue weighted by atomic mass is 35.5. The first-order chi connectivity index (χ1) is 9.72. The molecule has 0 unspecified atom stereocenters. The van der Waals surface area contributed by atoms with E-state index in [4.69, 9.17) is 11.6 Å². The number of aromatic nitrogens is 1. The first-order valence-corrected chi connectivity index (χ1v) is 7.55. The number of carbonyl (C=O) groups excluding carboxylic acids is 1. The number of fused-ring (bicyclic) bond motifs is 1. The third-order valence-corrected chi connectivity index (χ3v) is 4.22. The molecule has 0 atom stereocenters. The van der Waals surface area contributed by atoms with Gasteiger partial charge in [-0.3, -0.25) is 4.79 Å². The van der Waals surface area contributed by atoms with Crippen LogP contribution in [0.5, 0.6) is 0 Å². The first kappa shape index (κ1) is 15.1. The lowest BCUT2D eigenvalue weighted by Gasteiger charge is -2.18. The zero-order chi connectivity index (χ0) is 14.5. The smallest absolute Gasteiger partial charge is 0.153 e. The van der Waals surface area contributed by atoms with E-state index in [0.717, 1.165) is 49.8 Å². The van der Waals surface area contributed by atoms with Crippen molar-refractivity contribution < 1.29 is 4.79 Å². The second-order valence-electron chi connectivity index (χ2n) is 4.87. The van der Waals surface area contributed by atoms with Crippen LogP contribution in [0.15, 0.2) is 24.3 Å². The minimum Gasteiger partial charge on any atom is -0.331 e. The van der Waals surface area contributed by atoms with Gasteiger partial charge in [-0.1, -0.05) is 43.6 Å². The van der Waals surface area contributed by atoms with Gasteiger partial charge in [-0.2, -0.15) is 0 Å². The van der Waals surface area contributed by atoms with E-state index in [9.17, 15) is 4.79 Å². The fraction of sp³-hybridized carbons (Fsp3) is 0.438. The third kappa shape index (κ3) is 2.89. The molecule has 0 N–H and O–H groups in total. The van der Waals surface area contributed by atoms with Crippen LogP contribution < -0.4 is 0 Å². The van der Waals surface area contributed by atoms with Crippen LogP contribution in [0.4, 0.5) is 0 Å². The van der Waals surface area contributed by atoms with Gasteiger partial charge >= 0.3 is 0 Å². The number of para-hydroxylation sites is 1. The van der Waals surface area contributed by atoms with Crippen LogP contribution >= 0.6 is 11.6 Å². The van der Waals surface area contributed by atoms with E-state index in [1.165, 1.54) is 0 Å². The number of benzene rings is 1. The lowest BCUT2D eigenvalue weighted by Crippen LogP contribution is -2.24. The van der Waals surface area contributed by atoms with E-state index in [-0.39, 0.29) is 0 Å². The highest BCUT2D eigenvalue weighted by molar-refractivity contribution is 6.34. The van der Waals surface area contributed by atoms with Crippen molar-refractivity contribution >= 4 is 28.8 Å². The number of hydrogen-bond donors (Lipinski definition) is 0. The maximum Gasteiger partial charge on any atom is 0.153 e. The highest BCUT2D eigenvalue weighted by Crippen LogP contribution is 2.28. The van der Waals surface area contributed by atoms with Gasteiger partial charge in [-0.05, 0) is 32.1 Å². The van der Waals surface area contributed by atoms with Crippen molar-refractivity contribution in [2.75, 3.05) is 19.6 Å². The Balaban J connectivity index is 2.21. The summed E-state index contributed by atoms with van der Waals surface area (Å²) in [5, 5.41) is 1.50. The van der Waals surface area contributed by atoms with Crippen LogP contribution in [0.25, 0.3) is 10.9 Å². The van der Waals surface area contributed by atoms with Crippen LogP contribution in [0.1, 0.15) is 30.6 Å². The van der Waals surface area contributed by atoms with E-state index >= 15 is 0 Å². The van der Waals surface area contributed by atoms with Crippen LogP contribution in [0, 0.1) is 0 Å². The van der Waals surface area contributed by atoms with Crippen LogP contribution in [-0.4, -0.2) is 35.4 Å². The quantitative estimate of drug-likeness (QED) is 0.725. The molecule has 1 aromatic carbocycles. The molecule has 1 heterocycles. The van der Waals surface area contributed by atoms with Gasteiger partial charge in [0.2, 0.25) is 0 Å². The zero-order valence-corrected chi connectivity index (χ0v) is 12.9. The maximum atomic E-state index is 11.2. The average molecular weight is 293 g/mol. The molecule has 0 aliphatic heterocycles. The first-order valence-electron chi connectivity index (χ1n) is 7.17. The second-order valence-corrected chi connectivity index (χ2v) is 5.23. The standard InChI is InChI=1S/C16H21ClN2O/c1-3-18(4-2)10-7-11-19-15-9-6-5-8-13(15)14(12-20)16(19)17/h5-6,8-9,12H,3-4,7,10-11H2,1-2H3. The molecule has 0 aliphatic carbocycles. The predicted molar refractivity (Wildman–Crippen MR) is 84.7 cm³/mol.